The van der Waals surface area contributed by atoms with E-state index in [4.69, 9.17) is 28.3 Å². The van der Waals surface area contributed by atoms with Crippen LogP contribution in [-0.4, -0.2) is 26.8 Å². The van der Waals surface area contributed by atoms with Gasteiger partial charge in [0.2, 0.25) is 0 Å². The molecule has 0 unspecified atom stereocenters. The van der Waals surface area contributed by atoms with Crippen molar-refractivity contribution in [2.75, 3.05) is 5.32 Å². The molecule has 0 spiro atoms. The molecule has 2 aromatic rings. The van der Waals surface area contributed by atoms with E-state index in [2.05, 4.69) is 10.3 Å². The van der Waals surface area contributed by atoms with Crippen molar-refractivity contribution >= 4 is 51.5 Å². The number of anilines is 1. The fourth-order valence-electron chi connectivity index (χ4n) is 1.68. The third-order valence-electron chi connectivity index (χ3n) is 2.45. The molecule has 2 N–H and O–H groups in total. The fourth-order valence-corrected chi connectivity index (χ4v) is 1.79. The highest BCUT2D eigenvalue weighted by Gasteiger charge is 2.17. The quantitative estimate of drug-likeness (QED) is 0.854. The zero-order chi connectivity index (χ0) is 14.0. The van der Waals surface area contributed by atoms with E-state index in [0.29, 0.717) is 16.5 Å². The lowest BCUT2D eigenvalue weighted by molar-refractivity contribution is -0.114. The average molecular weight is 299 g/mol. The highest BCUT2D eigenvalue weighted by atomic mass is 35.5. The van der Waals surface area contributed by atoms with Gasteiger partial charge in [-0.1, -0.05) is 35.3 Å². The van der Waals surface area contributed by atoms with Crippen LogP contribution in [0.15, 0.2) is 30.5 Å². The zero-order valence-electron chi connectivity index (χ0n) is 9.43. The second-order valence-electron chi connectivity index (χ2n) is 3.66. The molecule has 5 nitrogen and oxygen atoms in total. The van der Waals surface area contributed by atoms with E-state index >= 15 is 0 Å². The summed E-state index contributed by atoms with van der Waals surface area (Å²) in [6.45, 7) is 0. The first-order valence-electron chi connectivity index (χ1n) is 5.20. The van der Waals surface area contributed by atoms with Gasteiger partial charge in [0.1, 0.15) is 0 Å². The lowest BCUT2D eigenvalue weighted by Gasteiger charge is -2.10. The number of nitrogens with one attached hydrogen (secondary N) is 1. The number of hydrogen-bond acceptors (Lipinski definition) is 3. The van der Waals surface area contributed by atoms with Crippen molar-refractivity contribution in [2.24, 2.45) is 0 Å². The van der Waals surface area contributed by atoms with Gasteiger partial charge in [0.05, 0.1) is 5.69 Å². The van der Waals surface area contributed by atoms with Crippen LogP contribution in [0.25, 0.3) is 10.8 Å². The summed E-state index contributed by atoms with van der Waals surface area (Å²) in [6.07, 6.45) is 1.39. The molecule has 0 aliphatic rings. The topological polar surface area (TPSA) is 79.3 Å². The SMILES string of the molecule is O=C(O)c1nccc2cccc(NC(=O)C(Cl)Cl)c12. The van der Waals surface area contributed by atoms with Gasteiger partial charge in [-0.25, -0.2) is 9.78 Å². The molecular formula is C12H8Cl2N2O3. The van der Waals surface area contributed by atoms with E-state index in [1.54, 1.807) is 24.3 Å². The van der Waals surface area contributed by atoms with Gasteiger partial charge in [0.15, 0.2) is 10.5 Å². The van der Waals surface area contributed by atoms with Gasteiger partial charge in [-0.2, -0.15) is 0 Å². The maximum atomic E-state index is 11.5. The number of benzene rings is 1. The van der Waals surface area contributed by atoms with Gasteiger partial charge in [-0.3, -0.25) is 4.79 Å². The lowest BCUT2D eigenvalue weighted by atomic mass is 10.1. The normalized spacial score (nSPS) is 10.7. The Balaban J connectivity index is 2.61. The van der Waals surface area contributed by atoms with Crippen molar-refractivity contribution in [1.82, 2.24) is 4.98 Å². The summed E-state index contributed by atoms with van der Waals surface area (Å²) < 4.78 is 0. The molecule has 1 aromatic heterocycles. The molecule has 98 valence electrons. The Bertz CT molecular complexity index is 653. The number of amides is 1. The Morgan fingerprint density at radius 3 is 2.63 bits per heavy atom. The monoisotopic (exact) mass is 298 g/mol. The first kappa shape index (κ1) is 13.6. The number of pyridine rings is 1. The third kappa shape index (κ3) is 2.77. The fraction of sp³-hybridized carbons (Fsp3) is 0.0833. The Labute approximate surface area is 118 Å². The Morgan fingerprint density at radius 1 is 1.26 bits per heavy atom. The van der Waals surface area contributed by atoms with Crippen LogP contribution in [0.5, 0.6) is 0 Å². The average Bonchev–Trinajstić information content (AvgIpc) is 2.38. The predicted molar refractivity (Wildman–Crippen MR) is 72.8 cm³/mol. The van der Waals surface area contributed by atoms with Crippen molar-refractivity contribution in [3.8, 4) is 0 Å². The Morgan fingerprint density at radius 2 is 2.00 bits per heavy atom. The summed E-state index contributed by atoms with van der Waals surface area (Å²) in [7, 11) is 0. The molecule has 0 saturated heterocycles. The minimum absolute atomic E-state index is 0.144. The van der Waals surface area contributed by atoms with Gasteiger partial charge < -0.3 is 10.4 Å². The van der Waals surface area contributed by atoms with Crippen molar-refractivity contribution in [2.45, 2.75) is 4.84 Å². The van der Waals surface area contributed by atoms with Crippen molar-refractivity contribution in [3.05, 3.63) is 36.2 Å². The van der Waals surface area contributed by atoms with Gasteiger partial charge >= 0.3 is 5.97 Å². The molecule has 0 bridgehead atoms. The van der Waals surface area contributed by atoms with Gasteiger partial charge in [0, 0.05) is 11.6 Å². The van der Waals surface area contributed by atoms with Crippen LogP contribution in [-0.2, 0) is 4.79 Å². The number of rotatable bonds is 3. The van der Waals surface area contributed by atoms with E-state index < -0.39 is 16.7 Å². The maximum absolute atomic E-state index is 11.5. The zero-order valence-corrected chi connectivity index (χ0v) is 10.9. The molecule has 1 aromatic carbocycles. The van der Waals surface area contributed by atoms with Gasteiger partial charge in [-0.15, -0.1) is 0 Å². The van der Waals surface area contributed by atoms with Gasteiger partial charge in [0.25, 0.3) is 5.91 Å². The number of carboxylic acid groups (broad SMARTS) is 1. The summed E-state index contributed by atoms with van der Waals surface area (Å²) in [5, 5.41) is 12.6. The Hall–Kier alpha value is -1.85. The molecule has 0 aliphatic heterocycles. The standard InChI is InChI=1S/C12H8Cl2N2O3/c13-10(14)11(17)16-7-3-1-2-6-4-5-15-9(8(6)7)12(18)19/h1-5,10H,(H,16,17)(H,18,19). The summed E-state index contributed by atoms with van der Waals surface area (Å²) in [5.41, 5.74) is 0.161. The van der Waals surface area contributed by atoms with E-state index in [-0.39, 0.29) is 5.69 Å². The van der Waals surface area contributed by atoms with Crippen LogP contribution >= 0.6 is 23.2 Å². The van der Waals surface area contributed by atoms with Crippen molar-refractivity contribution in [3.63, 3.8) is 0 Å². The molecule has 0 saturated carbocycles. The first-order valence-corrected chi connectivity index (χ1v) is 6.08. The number of halogens is 2. The lowest BCUT2D eigenvalue weighted by Crippen LogP contribution is -2.19. The summed E-state index contributed by atoms with van der Waals surface area (Å²) >= 11 is 10.9. The van der Waals surface area contributed by atoms with Gasteiger partial charge in [-0.05, 0) is 17.5 Å². The molecule has 1 heterocycles. The molecule has 2 rings (SSSR count). The Kier molecular flexibility index (Phi) is 3.87. The number of alkyl halides is 2. The molecule has 0 atom stereocenters. The summed E-state index contributed by atoms with van der Waals surface area (Å²) in [6, 6.07) is 6.61. The van der Waals surface area contributed by atoms with E-state index in [1.807, 2.05) is 0 Å². The molecule has 0 fully saturated rings. The smallest absolute Gasteiger partial charge is 0.355 e. The molecule has 1 amide bonds. The maximum Gasteiger partial charge on any atom is 0.355 e. The van der Waals surface area contributed by atoms with Crippen LogP contribution in [0, 0.1) is 0 Å². The molecular weight excluding hydrogens is 291 g/mol. The number of aromatic carboxylic acids is 1. The van der Waals surface area contributed by atoms with Crippen molar-refractivity contribution < 1.29 is 14.7 Å². The van der Waals surface area contributed by atoms with Crippen molar-refractivity contribution in [1.29, 1.82) is 0 Å². The summed E-state index contributed by atoms with van der Waals surface area (Å²) in [5.74, 6) is -1.81. The predicted octanol–water partition coefficient (Wildman–Crippen LogP) is 2.68. The highest BCUT2D eigenvalue weighted by molar-refractivity contribution is 6.54. The van der Waals surface area contributed by atoms with E-state index in [1.165, 1.54) is 6.20 Å². The number of carbonyl (C=O) groups is 2. The highest BCUT2D eigenvalue weighted by Crippen LogP contribution is 2.26. The minimum atomic E-state index is -1.24. The largest absolute Gasteiger partial charge is 0.476 e. The van der Waals surface area contributed by atoms with Crippen LogP contribution in [0.2, 0.25) is 0 Å². The number of aromatic nitrogens is 1. The van der Waals surface area contributed by atoms with E-state index in [0.717, 1.165) is 0 Å². The van der Waals surface area contributed by atoms with E-state index in [9.17, 15) is 9.59 Å². The summed E-state index contributed by atoms with van der Waals surface area (Å²) in [4.78, 5) is 25.2. The number of carboxylic acids is 1. The number of hydrogen-bond donors (Lipinski definition) is 2. The number of carbonyl (C=O) groups excluding carboxylic acids is 1. The van der Waals surface area contributed by atoms with Crippen LogP contribution < -0.4 is 5.32 Å². The second kappa shape index (κ2) is 5.42. The van der Waals surface area contributed by atoms with Crippen LogP contribution in [0.1, 0.15) is 10.5 Å². The first-order chi connectivity index (χ1) is 9.00. The second-order valence-corrected chi connectivity index (χ2v) is 4.75. The minimum Gasteiger partial charge on any atom is -0.476 e. The molecule has 0 radical (unpaired) electrons. The molecule has 7 heteroatoms. The molecule has 19 heavy (non-hydrogen) atoms. The number of nitrogens with zero attached hydrogens (tertiary/aromatic N) is 1. The van der Waals surface area contributed by atoms with Crippen LogP contribution in [0.4, 0.5) is 5.69 Å². The number of fused-ring (bicyclic) bond motifs is 1. The van der Waals surface area contributed by atoms with Crippen LogP contribution in [0.3, 0.4) is 0 Å². The third-order valence-corrected chi connectivity index (χ3v) is 2.85. The molecule has 0 aliphatic carbocycles.